The molecule has 0 aliphatic rings. The van der Waals surface area contributed by atoms with Gasteiger partial charge in [-0.15, -0.1) is 0 Å². The third-order valence-corrected chi connectivity index (χ3v) is 12.5. The van der Waals surface area contributed by atoms with E-state index >= 15 is 0 Å². The van der Waals surface area contributed by atoms with Crippen molar-refractivity contribution >= 4 is 104 Å². The highest BCUT2D eigenvalue weighted by Crippen LogP contribution is 2.48. The fourth-order valence-electron chi connectivity index (χ4n) is 10.2. The van der Waals surface area contributed by atoms with Gasteiger partial charge in [-0.25, -0.2) is 9.97 Å². The molecule has 5 heteroatoms. The summed E-state index contributed by atoms with van der Waals surface area (Å²) in [6.45, 7) is 0. The molecular formula is C52H29N5. The Morgan fingerprint density at radius 3 is 1.84 bits per heavy atom. The van der Waals surface area contributed by atoms with Gasteiger partial charge in [0.05, 0.1) is 49.7 Å². The highest BCUT2D eigenvalue weighted by Gasteiger charge is 2.27. The van der Waals surface area contributed by atoms with Crippen LogP contribution in [0.25, 0.3) is 126 Å². The van der Waals surface area contributed by atoms with Gasteiger partial charge in [0.2, 0.25) is 0 Å². The second kappa shape index (κ2) is 10.5. The van der Waals surface area contributed by atoms with Gasteiger partial charge in [-0.2, -0.15) is 0 Å². The summed E-state index contributed by atoms with van der Waals surface area (Å²) in [5.74, 6) is 0.822. The lowest BCUT2D eigenvalue weighted by molar-refractivity contribution is 1.08. The predicted molar refractivity (Wildman–Crippen MR) is 237 cm³/mol. The first kappa shape index (κ1) is 29.6. The average Bonchev–Trinajstić information content (AvgIpc) is 3.88. The molecule has 5 heterocycles. The predicted octanol–water partition coefficient (Wildman–Crippen LogP) is 13.2. The molecule has 5 nitrogen and oxygen atoms in total. The monoisotopic (exact) mass is 723 g/mol. The number of nitrogens with zero attached hydrogens (tertiary/aromatic N) is 5. The van der Waals surface area contributed by atoms with Crippen molar-refractivity contribution in [3.05, 3.63) is 176 Å². The molecule has 0 saturated carbocycles. The number of para-hydroxylation sites is 5. The van der Waals surface area contributed by atoms with E-state index in [-0.39, 0.29) is 0 Å². The number of benzene rings is 9. The van der Waals surface area contributed by atoms with Crippen LogP contribution in [-0.4, -0.2) is 23.5 Å². The van der Waals surface area contributed by atoms with E-state index in [9.17, 15) is 0 Å². The molecule has 9 aromatic carbocycles. The quantitative estimate of drug-likeness (QED) is 0.170. The Bertz CT molecular complexity index is 3980. The Labute approximate surface area is 324 Å². The molecule has 0 saturated heterocycles. The van der Waals surface area contributed by atoms with Crippen molar-refractivity contribution in [3.8, 4) is 22.8 Å². The van der Waals surface area contributed by atoms with Crippen LogP contribution in [0.15, 0.2) is 176 Å². The molecule has 0 aliphatic heterocycles. The lowest BCUT2D eigenvalue weighted by Gasteiger charge is -2.15. The Hall–Kier alpha value is -7.76. The fourth-order valence-corrected chi connectivity index (χ4v) is 10.2. The molecule has 0 unspecified atom stereocenters. The minimum Gasteiger partial charge on any atom is -0.309 e. The average molecular weight is 724 g/mol. The molecule has 5 aromatic heterocycles. The Morgan fingerprint density at radius 1 is 0.351 bits per heavy atom. The summed E-state index contributed by atoms with van der Waals surface area (Å²) in [4.78, 5) is 11.0. The summed E-state index contributed by atoms with van der Waals surface area (Å²) in [5.41, 5.74) is 13.0. The summed E-state index contributed by atoms with van der Waals surface area (Å²) < 4.78 is 7.27. The van der Waals surface area contributed by atoms with Crippen LogP contribution >= 0.6 is 0 Å². The largest absolute Gasteiger partial charge is 0.309 e. The smallest absolute Gasteiger partial charge is 0.165 e. The van der Waals surface area contributed by atoms with Crippen LogP contribution in [-0.2, 0) is 0 Å². The number of fused-ring (bicyclic) bond motifs is 8. The van der Waals surface area contributed by atoms with Gasteiger partial charge in [-0.3, -0.25) is 4.57 Å². The van der Waals surface area contributed by atoms with Gasteiger partial charge in [0, 0.05) is 54.3 Å². The van der Waals surface area contributed by atoms with E-state index in [0.29, 0.717) is 0 Å². The van der Waals surface area contributed by atoms with Crippen molar-refractivity contribution in [3.63, 3.8) is 0 Å². The summed E-state index contributed by atoms with van der Waals surface area (Å²) in [7, 11) is 0. The van der Waals surface area contributed by atoms with Crippen molar-refractivity contribution in [1.82, 2.24) is 23.5 Å². The second-order valence-electron chi connectivity index (χ2n) is 15.3. The van der Waals surface area contributed by atoms with E-state index < -0.39 is 0 Å². The van der Waals surface area contributed by atoms with E-state index in [4.69, 9.17) is 9.97 Å². The molecule has 0 radical (unpaired) electrons. The lowest BCUT2D eigenvalue weighted by atomic mass is 9.97. The summed E-state index contributed by atoms with van der Waals surface area (Å²) >= 11 is 0. The van der Waals surface area contributed by atoms with Gasteiger partial charge in [0.15, 0.2) is 5.82 Å². The van der Waals surface area contributed by atoms with E-state index in [1.54, 1.807) is 0 Å². The third kappa shape index (κ3) is 3.69. The van der Waals surface area contributed by atoms with Gasteiger partial charge >= 0.3 is 0 Å². The fraction of sp³-hybridized carbons (Fsp3) is 0. The molecule has 262 valence electrons. The minimum absolute atomic E-state index is 0.822. The highest BCUT2D eigenvalue weighted by atomic mass is 15.1. The van der Waals surface area contributed by atoms with Crippen molar-refractivity contribution in [1.29, 1.82) is 0 Å². The maximum Gasteiger partial charge on any atom is 0.165 e. The zero-order chi connectivity index (χ0) is 36.9. The van der Waals surface area contributed by atoms with Crippen LogP contribution in [0.4, 0.5) is 0 Å². The summed E-state index contributed by atoms with van der Waals surface area (Å²) in [6, 6.07) is 63.8. The highest BCUT2D eigenvalue weighted by molar-refractivity contribution is 6.37. The van der Waals surface area contributed by atoms with E-state index in [0.717, 1.165) is 50.3 Å². The molecule has 0 amide bonds. The van der Waals surface area contributed by atoms with Crippen LogP contribution in [0.5, 0.6) is 0 Å². The van der Waals surface area contributed by atoms with E-state index in [2.05, 4.69) is 183 Å². The Kier molecular flexibility index (Phi) is 5.45. The van der Waals surface area contributed by atoms with Crippen LogP contribution < -0.4 is 0 Å². The number of aromatic nitrogens is 5. The maximum atomic E-state index is 5.56. The first-order valence-electron chi connectivity index (χ1n) is 19.5. The Balaban J connectivity index is 1.16. The number of hydrogen-bond donors (Lipinski definition) is 0. The van der Waals surface area contributed by atoms with Gasteiger partial charge in [0.1, 0.15) is 5.69 Å². The standard InChI is InChI=1S/C52H29N5/c1-2-12-33(13-3-1)55-40-18-8-5-15-35(40)37-29-32(24-26-42(37)55)50-52(54-39-17-7-6-16-38(39)53-50)57-44-27-23-31-22-21-30-11-10-20-43-46(30)47(31)48(44)49-45(57)28-25-36-34-14-4-9-19-41(34)56(43)51(36)49/h1-29H. The first-order chi connectivity index (χ1) is 28.3. The topological polar surface area (TPSA) is 40.0 Å². The van der Waals surface area contributed by atoms with Gasteiger partial charge in [0.25, 0.3) is 0 Å². The second-order valence-corrected chi connectivity index (χ2v) is 15.3. The molecule has 0 atom stereocenters. The van der Waals surface area contributed by atoms with E-state index in [1.165, 1.54) is 75.9 Å². The first-order valence-corrected chi connectivity index (χ1v) is 19.5. The number of hydrogen-bond acceptors (Lipinski definition) is 2. The van der Waals surface area contributed by atoms with Crippen LogP contribution in [0, 0.1) is 0 Å². The minimum atomic E-state index is 0.822. The Morgan fingerprint density at radius 2 is 0.982 bits per heavy atom. The van der Waals surface area contributed by atoms with Crippen LogP contribution in [0.1, 0.15) is 0 Å². The van der Waals surface area contributed by atoms with Crippen LogP contribution in [0.2, 0.25) is 0 Å². The van der Waals surface area contributed by atoms with Crippen molar-refractivity contribution in [2.45, 2.75) is 0 Å². The van der Waals surface area contributed by atoms with Crippen molar-refractivity contribution in [2.75, 3.05) is 0 Å². The van der Waals surface area contributed by atoms with Gasteiger partial charge in [-0.1, -0.05) is 109 Å². The molecule has 0 bridgehead atoms. The molecule has 0 N–H and O–H groups in total. The third-order valence-electron chi connectivity index (χ3n) is 12.5. The molecule has 14 rings (SSSR count). The van der Waals surface area contributed by atoms with Crippen molar-refractivity contribution < 1.29 is 0 Å². The zero-order valence-electron chi connectivity index (χ0n) is 30.5. The molecule has 0 spiro atoms. The van der Waals surface area contributed by atoms with Gasteiger partial charge < -0.3 is 8.97 Å². The summed E-state index contributed by atoms with van der Waals surface area (Å²) in [5, 5.41) is 12.4. The molecule has 0 aliphatic carbocycles. The molecular weight excluding hydrogens is 695 g/mol. The molecule has 14 aromatic rings. The molecule has 0 fully saturated rings. The maximum absolute atomic E-state index is 5.56. The summed E-state index contributed by atoms with van der Waals surface area (Å²) in [6.07, 6.45) is 0. The van der Waals surface area contributed by atoms with E-state index in [1.807, 2.05) is 6.07 Å². The number of rotatable bonds is 3. The molecule has 57 heavy (non-hydrogen) atoms. The zero-order valence-corrected chi connectivity index (χ0v) is 30.5. The van der Waals surface area contributed by atoms with Crippen LogP contribution in [0.3, 0.4) is 0 Å². The van der Waals surface area contributed by atoms with Gasteiger partial charge in [-0.05, 0) is 77.5 Å². The SMILES string of the molecule is c1ccc(-n2c3ccccc3c3cc(-c4nc5ccccc5nc4-n4c5ccc6ccc7cccc8c7c6c5c5c4ccc4c6ccccc6n8c45)ccc32)cc1. The van der Waals surface area contributed by atoms with Crippen molar-refractivity contribution in [2.24, 2.45) is 0 Å². The normalized spacial score (nSPS) is 12.6. The lowest BCUT2D eigenvalue weighted by Crippen LogP contribution is -2.04.